The molecule has 0 fully saturated rings. The van der Waals surface area contributed by atoms with Crippen LogP contribution in [0.25, 0.3) is 49.0 Å². The van der Waals surface area contributed by atoms with Gasteiger partial charge in [-0.2, -0.15) is 0 Å². The van der Waals surface area contributed by atoms with Crippen molar-refractivity contribution in [2.45, 2.75) is 0 Å². The SMILES string of the molecule is Brc1ccc2c(ccc3cc4c5ccc(Br)cc5n(-c5ccccc5)c4cc32)c1. The van der Waals surface area contributed by atoms with Crippen molar-refractivity contribution in [1.29, 1.82) is 0 Å². The molecule has 0 saturated heterocycles. The second kappa shape index (κ2) is 6.45. The molecule has 1 aromatic heterocycles. The summed E-state index contributed by atoms with van der Waals surface area (Å²) in [4.78, 5) is 0. The Morgan fingerprint density at radius 3 is 1.93 bits per heavy atom. The molecule has 0 amide bonds. The van der Waals surface area contributed by atoms with Gasteiger partial charge in [-0.05, 0) is 70.1 Å². The predicted octanol–water partition coefficient (Wildman–Crippen LogP) is 8.62. The van der Waals surface area contributed by atoms with E-state index in [1.54, 1.807) is 0 Å². The molecule has 0 aliphatic carbocycles. The fourth-order valence-electron chi connectivity index (χ4n) is 4.38. The van der Waals surface area contributed by atoms with Crippen molar-refractivity contribution >= 4 is 75.2 Å². The van der Waals surface area contributed by atoms with E-state index >= 15 is 0 Å². The monoisotopic (exact) mass is 499 g/mol. The van der Waals surface area contributed by atoms with Crippen LogP contribution in [0.5, 0.6) is 0 Å². The minimum atomic E-state index is 1.09. The fraction of sp³-hybridized carbons (Fsp3) is 0. The lowest BCUT2D eigenvalue weighted by Crippen LogP contribution is -1.93. The Morgan fingerprint density at radius 1 is 0.483 bits per heavy atom. The van der Waals surface area contributed by atoms with Gasteiger partial charge in [-0.15, -0.1) is 0 Å². The minimum absolute atomic E-state index is 1.09. The van der Waals surface area contributed by atoms with Crippen molar-refractivity contribution in [1.82, 2.24) is 4.57 Å². The first-order valence-electron chi connectivity index (χ1n) is 9.50. The van der Waals surface area contributed by atoms with Gasteiger partial charge < -0.3 is 4.57 Å². The number of hydrogen-bond acceptors (Lipinski definition) is 0. The molecule has 0 aliphatic rings. The predicted molar refractivity (Wildman–Crippen MR) is 131 cm³/mol. The van der Waals surface area contributed by atoms with E-state index < -0.39 is 0 Å². The summed E-state index contributed by atoms with van der Waals surface area (Å²) >= 11 is 7.26. The Labute approximate surface area is 184 Å². The van der Waals surface area contributed by atoms with Gasteiger partial charge in [0.1, 0.15) is 0 Å². The summed E-state index contributed by atoms with van der Waals surface area (Å²) in [5.74, 6) is 0. The van der Waals surface area contributed by atoms with Crippen LogP contribution in [-0.2, 0) is 0 Å². The molecule has 138 valence electrons. The molecule has 6 aromatic rings. The molecule has 1 nitrogen and oxygen atoms in total. The number of hydrogen-bond donors (Lipinski definition) is 0. The lowest BCUT2D eigenvalue weighted by molar-refractivity contribution is 1.18. The Morgan fingerprint density at radius 2 is 1.14 bits per heavy atom. The number of rotatable bonds is 1. The van der Waals surface area contributed by atoms with Gasteiger partial charge in [-0.3, -0.25) is 0 Å². The summed E-state index contributed by atoms with van der Waals surface area (Å²) in [6.45, 7) is 0. The number of aromatic nitrogens is 1. The van der Waals surface area contributed by atoms with Gasteiger partial charge >= 0.3 is 0 Å². The van der Waals surface area contributed by atoms with Crippen LogP contribution in [-0.4, -0.2) is 4.57 Å². The summed E-state index contributed by atoms with van der Waals surface area (Å²) < 4.78 is 4.56. The van der Waals surface area contributed by atoms with Gasteiger partial charge in [0.2, 0.25) is 0 Å². The summed E-state index contributed by atoms with van der Waals surface area (Å²) in [5.41, 5.74) is 3.61. The van der Waals surface area contributed by atoms with Crippen molar-refractivity contribution in [3.05, 3.63) is 99.9 Å². The fourth-order valence-corrected chi connectivity index (χ4v) is 5.10. The van der Waals surface area contributed by atoms with Crippen LogP contribution >= 0.6 is 31.9 Å². The van der Waals surface area contributed by atoms with Gasteiger partial charge in [-0.1, -0.05) is 74.3 Å². The van der Waals surface area contributed by atoms with Crippen molar-refractivity contribution in [2.24, 2.45) is 0 Å². The Kier molecular flexibility index (Phi) is 3.84. The second-order valence-corrected chi connectivity index (χ2v) is 9.19. The third kappa shape index (κ3) is 2.65. The van der Waals surface area contributed by atoms with Crippen molar-refractivity contribution < 1.29 is 0 Å². The summed E-state index contributed by atoms with van der Waals surface area (Å²) in [5, 5.41) is 7.61. The minimum Gasteiger partial charge on any atom is -0.309 e. The Hall–Kier alpha value is -2.62. The molecule has 0 unspecified atom stereocenters. The van der Waals surface area contributed by atoms with Crippen molar-refractivity contribution in [3.63, 3.8) is 0 Å². The highest BCUT2D eigenvalue weighted by Gasteiger charge is 2.14. The van der Waals surface area contributed by atoms with Gasteiger partial charge in [0.25, 0.3) is 0 Å². The first-order chi connectivity index (χ1) is 14.2. The Bertz CT molecular complexity index is 1560. The van der Waals surface area contributed by atoms with Crippen LogP contribution in [0.2, 0.25) is 0 Å². The number of nitrogens with zero attached hydrogens (tertiary/aromatic N) is 1. The molecule has 0 aliphatic heterocycles. The van der Waals surface area contributed by atoms with Crippen LogP contribution < -0.4 is 0 Å². The topological polar surface area (TPSA) is 4.93 Å². The summed E-state index contributed by atoms with van der Waals surface area (Å²) in [6.07, 6.45) is 0. The van der Waals surface area contributed by atoms with Crippen LogP contribution in [0.1, 0.15) is 0 Å². The third-order valence-corrected chi connectivity index (χ3v) is 6.65. The molecule has 0 atom stereocenters. The highest BCUT2D eigenvalue weighted by atomic mass is 79.9. The van der Waals surface area contributed by atoms with E-state index in [-0.39, 0.29) is 0 Å². The first kappa shape index (κ1) is 17.3. The van der Waals surface area contributed by atoms with E-state index in [4.69, 9.17) is 0 Å². The van der Waals surface area contributed by atoms with Crippen molar-refractivity contribution in [2.75, 3.05) is 0 Å². The average molecular weight is 501 g/mol. The van der Waals surface area contributed by atoms with E-state index in [2.05, 4.69) is 127 Å². The van der Waals surface area contributed by atoms with E-state index in [0.29, 0.717) is 0 Å². The lowest BCUT2D eigenvalue weighted by Gasteiger charge is -2.09. The molecule has 0 bridgehead atoms. The smallest absolute Gasteiger partial charge is 0.0552 e. The quantitative estimate of drug-likeness (QED) is 0.199. The highest BCUT2D eigenvalue weighted by molar-refractivity contribution is 9.10. The molecular weight excluding hydrogens is 486 g/mol. The number of para-hydroxylation sites is 1. The van der Waals surface area contributed by atoms with E-state index in [0.717, 1.165) is 8.95 Å². The zero-order valence-corrected chi connectivity index (χ0v) is 18.5. The molecule has 0 saturated carbocycles. The zero-order chi connectivity index (χ0) is 19.5. The number of benzene rings is 5. The van der Waals surface area contributed by atoms with Gasteiger partial charge in [0, 0.05) is 25.4 Å². The van der Waals surface area contributed by atoms with E-state index in [1.165, 1.54) is 49.0 Å². The highest BCUT2D eigenvalue weighted by Crippen LogP contribution is 2.38. The van der Waals surface area contributed by atoms with Gasteiger partial charge in [0.15, 0.2) is 0 Å². The average Bonchev–Trinajstić information content (AvgIpc) is 3.05. The molecule has 29 heavy (non-hydrogen) atoms. The molecular formula is C26H15Br2N. The maximum Gasteiger partial charge on any atom is 0.0552 e. The van der Waals surface area contributed by atoms with Crippen LogP contribution in [0.15, 0.2) is 99.9 Å². The third-order valence-electron chi connectivity index (χ3n) is 5.66. The van der Waals surface area contributed by atoms with Crippen LogP contribution in [0, 0.1) is 0 Å². The van der Waals surface area contributed by atoms with E-state index in [1.807, 2.05) is 0 Å². The normalized spacial score (nSPS) is 11.8. The molecule has 0 N–H and O–H groups in total. The molecule has 5 aromatic carbocycles. The van der Waals surface area contributed by atoms with Crippen LogP contribution in [0.4, 0.5) is 0 Å². The zero-order valence-electron chi connectivity index (χ0n) is 15.4. The molecule has 1 heterocycles. The molecule has 0 radical (unpaired) electrons. The largest absolute Gasteiger partial charge is 0.309 e. The standard InChI is InChI=1S/C26H15Br2N/c27-18-8-10-21-16(12-18)6-7-17-13-24-22-11-9-19(28)14-25(22)29(26(24)15-23(17)21)20-4-2-1-3-5-20/h1-15H. The van der Waals surface area contributed by atoms with Gasteiger partial charge in [0.05, 0.1) is 11.0 Å². The second-order valence-electron chi connectivity index (χ2n) is 7.35. The molecule has 3 heteroatoms. The van der Waals surface area contributed by atoms with E-state index in [9.17, 15) is 0 Å². The first-order valence-corrected chi connectivity index (χ1v) is 11.1. The maximum absolute atomic E-state index is 3.66. The van der Waals surface area contributed by atoms with Crippen molar-refractivity contribution in [3.8, 4) is 5.69 Å². The summed E-state index contributed by atoms with van der Waals surface area (Å²) in [7, 11) is 0. The molecule has 6 rings (SSSR count). The number of fused-ring (bicyclic) bond motifs is 6. The summed E-state index contributed by atoms with van der Waals surface area (Å²) in [6, 6.07) is 32.8. The van der Waals surface area contributed by atoms with Gasteiger partial charge in [-0.25, -0.2) is 0 Å². The Balaban J connectivity index is 1.84. The maximum atomic E-state index is 3.66. The number of halogens is 2. The lowest BCUT2D eigenvalue weighted by atomic mass is 10.00. The van der Waals surface area contributed by atoms with Crippen LogP contribution in [0.3, 0.4) is 0 Å². The molecule has 0 spiro atoms.